The molecule has 4 nitrogen and oxygen atoms in total. The molecule has 23 heavy (non-hydrogen) atoms. The van der Waals surface area contributed by atoms with Gasteiger partial charge in [0.1, 0.15) is 0 Å². The van der Waals surface area contributed by atoms with Crippen LogP contribution in [0.3, 0.4) is 0 Å². The summed E-state index contributed by atoms with van der Waals surface area (Å²) in [5, 5.41) is 2.96. The van der Waals surface area contributed by atoms with Crippen molar-refractivity contribution in [1.82, 2.24) is 5.32 Å². The molecule has 0 unspecified atom stereocenters. The first-order chi connectivity index (χ1) is 11.2. The molecule has 1 aromatic carbocycles. The number of hydrogen-bond donors (Lipinski definition) is 1. The van der Waals surface area contributed by atoms with Gasteiger partial charge >= 0.3 is 0 Å². The second-order valence-electron chi connectivity index (χ2n) is 5.96. The van der Waals surface area contributed by atoms with Gasteiger partial charge in [0.25, 0.3) is 0 Å². The lowest BCUT2D eigenvalue weighted by Gasteiger charge is -2.21. The molecule has 0 fully saturated rings. The van der Waals surface area contributed by atoms with E-state index >= 15 is 0 Å². The second-order valence-corrected chi connectivity index (χ2v) is 5.96. The van der Waals surface area contributed by atoms with Crippen LogP contribution >= 0.6 is 0 Å². The van der Waals surface area contributed by atoms with Gasteiger partial charge in [-0.1, -0.05) is 29.8 Å². The number of amides is 2. The van der Waals surface area contributed by atoms with Crippen molar-refractivity contribution in [1.29, 1.82) is 0 Å². The lowest BCUT2D eigenvalue weighted by Crippen LogP contribution is -2.34. The average molecular weight is 314 g/mol. The molecule has 124 valence electrons. The van der Waals surface area contributed by atoms with Crippen LogP contribution in [0.4, 0.5) is 5.69 Å². The number of anilines is 1. The van der Waals surface area contributed by atoms with Crippen LogP contribution in [0.5, 0.6) is 0 Å². The van der Waals surface area contributed by atoms with E-state index in [-0.39, 0.29) is 11.8 Å². The standard InChI is InChI=1S/C19H26N2O2/c1-16(22)21(18-10-6-3-7-11-18)15-13-19(23)20-14-12-17-8-4-2-5-9-17/h3,6-8,10-11H,2,4-5,9,12-15H2,1H3,(H,20,23). The maximum atomic E-state index is 12.0. The van der Waals surface area contributed by atoms with Gasteiger partial charge in [-0.25, -0.2) is 0 Å². The van der Waals surface area contributed by atoms with Crippen molar-refractivity contribution < 1.29 is 9.59 Å². The lowest BCUT2D eigenvalue weighted by molar-refractivity contribution is -0.121. The normalized spacial score (nSPS) is 14.0. The highest BCUT2D eigenvalue weighted by atomic mass is 16.2. The van der Waals surface area contributed by atoms with E-state index in [0.717, 1.165) is 12.1 Å². The fourth-order valence-electron chi connectivity index (χ4n) is 2.87. The Balaban J connectivity index is 1.73. The van der Waals surface area contributed by atoms with Gasteiger partial charge in [-0.15, -0.1) is 0 Å². The van der Waals surface area contributed by atoms with Crippen molar-refractivity contribution in [2.24, 2.45) is 0 Å². The molecule has 0 radical (unpaired) electrons. The number of rotatable bonds is 7. The van der Waals surface area contributed by atoms with Crippen LogP contribution in [0.25, 0.3) is 0 Å². The Labute approximate surface area is 138 Å². The SMILES string of the molecule is CC(=O)N(CCC(=O)NCCC1=CCCCC1)c1ccccc1. The molecule has 0 heterocycles. The average Bonchev–Trinajstić information content (AvgIpc) is 2.57. The summed E-state index contributed by atoms with van der Waals surface area (Å²) in [6.45, 7) is 2.63. The van der Waals surface area contributed by atoms with E-state index in [0.29, 0.717) is 19.5 Å². The largest absolute Gasteiger partial charge is 0.356 e. The van der Waals surface area contributed by atoms with Crippen molar-refractivity contribution >= 4 is 17.5 Å². The number of allylic oxidation sites excluding steroid dienone is 1. The summed E-state index contributed by atoms with van der Waals surface area (Å²) in [6.07, 6.45) is 8.48. The molecule has 0 spiro atoms. The predicted molar refractivity (Wildman–Crippen MR) is 93.3 cm³/mol. The van der Waals surface area contributed by atoms with Gasteiger partial charge in [0.15, 0.2) is 0 Å². The Morgan fingerprint density at radius 1 is 1.17 bits per heavy atom. The Morgan fingerprint density at radius 2 is 1.96 bits per heavy atom. The third-order valence-electron chi connectivity index (χ3n) is 4.16. The van der Waals surface area contributed by atoms with Crippen molar-refractivity contribution in [2.75, 3.05) is 18.0 Å². The van der Waals surface area contributed by atoms with E-state index in [1.807, 2.05) is 30.3 Å². The smallest absolute Gasteiger partial charge is 0.223 e. The number of nitrogens with zero attached hydrogens (tertiary/aromatic N) is 1. The van der Waals surface area contributed by atoms with Crippen molar-refractivity contribution in [3.05, 3.63) is 42.0 Å². The molecular formula is C19H26N2O2. The summed E-state index contributed by atoms with van der Waals surface area (Å²) >= 11 is 0. The van der Waals surface area contributed by atoms with E-state index in [2.05, 4.69) is 11.4 Å². The van der Waals surface area contributed by atoms with E-state index < -0.39 is 0 Å². The van der Waals surface area contributed by atoms with Crippen LogP contribution < -0.4 is 10.2 Å². The molecule has 1 aliphatic rings. The molecule has 4 heteroatoms. The zero-order valence-corrected chi connectivity index (χ0v) is 13.9. The Bertz CT molecular complexity index is 552. The van der Waals surface area contributed by atoms with Gasteiger partial charge in [-0.3, -0.25) is 9.59 Å². The number of para-hydroxylation sites is 1. The molecule has 1 aliphatic carbocycles. The lowest BCUT2D eigenvalue weighted by atomic mass is 9.97. The van der Waals surface area contributed by atoms with Gasteiger partial charge in [0.2, 0.25) is 11.8 Å². The molecular weight excluding hydrogens is 288 g/mol. The summed E-state index contributed by atoms with van der Waals surface area (Å²) in [7, 11) is 0. The Hall–Kier alpha value is -2.10. The third kappa shape index (κ3) is 5.89. The molecule has 2 rings (SSSR count). The minimum Gasteiger partial charge on any atom is -0.356 e. The maximum absolute atomic E-state index is 12.0. The van der Waals surface area contributed by atoms with Gasteiger partial charge in [-0.05, 0) is 44.2 Å². The summed E-state index contributed by atoms with van der Waals surface area (Å²) in [5.74, 6) is -0.0417. The molecule has 1 N–H and O–H groups in total. The number of benzene rings is 1. The van der Waals surface area contributed by atoms with Crippen molar-refractivity contribution in [2.45, 2.75) is 45.4 Å². The third-order valence-corrected chi connectivity index (χ3v) is 4.16. The topological polar surface area (TPSA) is 49.4 Å². The number of hydrogen-bond acceptors (Lipinski definition) is 2. The van der Waals surface area contributed by atoms with Crippen LogP contribution in [-0.2, 0) is 9.59 Å². The molecule has 0 aromatic heterocycles. The van der Waals surface area contributed by atoms with E-state index in [1.54, 1.807) is 4.90 Å². The van der Waals surface area contributed by atoms with Crippen molar-refractivity contribution in [3.8, 4) is 0 Å². The molecule has 0 saturated heterocycles. The molecule has 1 aromatic rings. The zero-order valence-electron chi connectivity index (χ0n) is 13.9. The molecule has 0 saturated carbocycles. The van der Waals surface area contributed by atoms with Crippen LogP contribution in [-0.4, -0.2) is 24.9 Å². The monoisotopic (exact) mass is 314 g/mol. The van der Waals surface area contributed by atoms with E-state index in [1.165, 1.54) is 38.2 Å². The number of carbonyl (C=O) groups is 2. The highest BCUT2D eigenvalue weighted by molar-refractivity contribution is 5.92. The summed E-state index contributed by atoms with van der Waals surface area (Å²) in [5.41, 5.74) is 2.30. The van der Waals surface area contributed by atoms with Crippen LogP contribution in [0.1, 0.15) is 45.4 Å². The highest BCUT2D eigenvalue weighted by Gasteiger charge is 2.13. The second kappa shape index (κ2) is 9.13. The van der Waals surface area contributed by atoms with Crippen LogP contribution in [0.15, 0.2) is 42.0 Å². The van der Waals surface area contributed by atoms with Crippen LogP contribution in [0, 0.1) is 0 Å². The first-order valence-corrected chi connectivity index (χ1v) is 8.44. The number of nitrogens with one attached hydrogen (secondary N) is 1. The number of carbonyl (C=O) groups excluding carboxylic acids is 2. The maximum Gasteiger partial charge on any atom is 0.223 e. The van der Waals surface area contributed by atoms with E-state index in [4.69, 9.17) is 0 Å². The first kappa shape index (κ1) is 17.3. The van der Waals surface area contributed by atoms with Gasteiger partial charge in [0, 0.05) is 32.1 Å². The fourth-order valence-corrected chi connectivity index (χ4v) is 2.87. The summed E-state index contributed by atoms with van der Waals surface area (Å²) in [6, 6.07) is 9.46. The van der Waals surface area contributed by atoms with Gasteiger partial charge in [-0.2, -0.15) is 0 Å². The van der Waals surface area contributed by atoms with Gasteiger partial charge in [0.05, 0.1) is 0 Å². The summed E-state index contributed by atoms with van der Waals surface area (Å²) in [4.78, 5) is 25.4. The van der Waals surface area contributed by atoms with Crippen LogP contribution in [0.2, 0.25) is 0 Å². The minimum absolute atomic E-state index is 0.00332. The zero-order chi connectivity index (χ0) is 16.5. The Kier molecular flexibility index (Phi) is 6.85. The molecule has 2 amide bonds. The fraction of sp³-hybridized carbons (Fsp3) is 0.474. The Morgan fingerprint density at radius 3 is 2.61 bits per heavy atom. The quantitative estimate of drug-likeness (QED) is 0.784. The summed E-state index contributed by atoms with van der Waals surface area (Å²) < 4.78 is 0. The minimum atomic E-state index is -0.0450. The predicted octanol–water partition coefficient (Wildman–Crippen LogP) is 3.44. The van der Waals surface area contributed by atoms with Crippen molar-refractivity contribution in [3.63, 3.8) is 0 Å². The van der Waals surface area contributed by atoms with Gasteiger partial charge < -0.3 is 10.2 Å². The molecule has 0 aliphatic heterocycles. The molecule has 0 bridgehead atoms. The first-order valence-electron chi connectivity index (χ1n) is 8.44. The molecule has 0 atom stereocenters. The van der Waals surface area contributed by atoms with E-state index in [9.17, 15) is 9.59 Å². The highest BCUT2D eigenvalue weighted by Crippen LogP contribution is 2.19.